The molecule has 2 aliphatic carbocycles. The molecule has 172 valence electrons. The third-order valence-electron chi connectivity index (χ3n) is 7.87. The Labute approximate surface area is 189 Å². The topological polar surface area (TPSA) is 0 Å². The molecule has 2 fully saturated rings. The second kappa shape index (κ2) is 13.2. The normalized spacial score (nSPS) is 26.3. The Balaban J connectivity index is 1.37. The van der Waals surface area contributed by atoms with Gasteiger partial charge in [-0.3, -0.25) is 4.39 Å². The molecule has 0 unspecified atom stereocenters. The van der Waals surface area contributed by atoms with E-state index in [2.05, 4.69) is 18.8 Å². The molecule has 0 atom stereocenters. The minimum Gasteiger partial charge on any atom is -0.251 e. The lowest BCUT2D eigenvalue weighted by Gasteiger charge is -2.37. The number of halogens is 2. The maximum absolute atomic E-state index is 14.2. The van der Waals surface area contributed by atoms with E-state index in [0.717, 1.165) is 30.6 Å². The average molecular weight is 429 g/mol. The number of rotatable bonds is 9. The van der Waals surface area contributed by atoms with Crippen LogP contribution in [0.1, 0.15) is 108 Å². The summed E-state index contributed by atoms with van der Waals surface area (Å²) in [4.78, 5) is 0. The molecule has 1 aromatic carbocycles. The molecule has 2 aliphatic rings. The lowest BCUT2D eigenvalue weighted by molar-refractivity contribution is 0.153. The van der Waals surface area contributed by atoms with Crippen LogP contribution in [0.15, 0.2) is 18.2 Å². The van der Waals surface area contributed by atoms with E-state index in [-0.39, 0.29) is 12.2 Å². The highest BCUT2D eigenvalue weighted by atomic mass is 19.1. The molecule has 0 nitrogen and oxygen atoms in total. The Morgan fingerprint density at radius 1 is 0.871 bits per heavy atom. The van der Waals surface area contributed by atoms with Crippen molar-refractivity contribution >= 4 is 0 Å². The molecule has 0 saturated heterocycles. The van der Waals surface area contributed by atoms with Gasteiger partial charge in [-0.1, -0.05) is 76.2 Å². The van der Waals surface area contributed by atoms with E-state index in [4.69, 9.17) is 0 Å². The first-order valence-corrected chi connectivity index (χ1v) is 13.1. The van der Waals surface area contributed by atoms with Crippen LogP contribution in [0.2, 0.25) is 0 Å². The maximum Gasteiger partial charge on any atom is 0.139 e. The van der Waals surface area contributed by atoms with Crippen molar-refractivity contribution in [2.24, 2.45) is 23.7 Å². The second-order valence-corrected chi connectivity index (χ2v) is 10.1. The van der Waals surface area contributed by atoms with Gasteiger partial charge in [-0.15, -0.1) is 0 Å². The van der Waals surface area contributed by atoms with Crippen LogP contribution >= 0.6 is 0 Å². The van der Waals surface area contributed by atoms with E-state index >= 15 is 0 Å². The Bertz CT molecular complexity index is 697. The summed E-state index contributed by atoms with van der Waals surface area (Å²) in [6, 6.07) is 4.94. The quantitative estimate of drug-likeness (QED) is 0.273. The van der Waals surface area contributed by atoms with Gasteiger partial charge in [-0.05, 0) is 74.0 Å². The molecule has 31 heavy (non-hydrogen) atoms. The van der Waals surface area contributed by atoms with Gasteiger partial charge >= 0.3 is 0 Å². The molecular formula is C29H42F2. The number of alkyl halides is 1. The van der Waals surface area contributed by atoms with Crippen molar-refractivity contribution in [1.82, 2.24) is 0 Å². The zero-order valence-corrected chi connectivity index (χ0v) is 19.6. The fourth-order valence-electron chi connectivity index (χ4n) is 5.82. The fourth-order valence-corrected chi connectivity index (χ4v) is 5.82. The fraction of sp³-hybridized carbons (Fsp3) is 0.724. The highest BCUT2D eigenvalue weighted by molar-refractivity contribution is 5.38. The highest BCUT2D eigenvalue weighted by Crippen LogP contribution is 2.42. The summed E-state index contributed by atoms with van der Waals surface area (Å²) < 4.78 is 26.6. The molecule has 3 rings (SSSR count). The van der Waals surface area contributed by atoms with Gasteiger partial charge in [0.25, 0.3) is 0 Å². The van der Waals surface area contributed by atoms with Gasteiger partial charge in [0.2, 0.25) is 0 Å². The monoisotopic (exact) mass is 428 g/mol. The summed E-state index contributed by atoms with van der Waals surface area (Å²) in [6.45, 7) is 1.84. The summed E-state index contributed by atoms with van der Waals surface area (Å²) in [5.74, 6) is 9.31. The molecule has 0 heterocycles. The Hall–Kier alpha value is -1.36. The molecule has 2 saturated carbocycles. The SMILES string of the molecule is CCCCCCC[C@H]1CC[C@H]([C@H]2CC[C@H](C#Cc3ccc(CCF)cc3F)CC2)CC1. The van der Waals surface area contributed by atoms with E-state index in [1.807, 2.05) is 0 Å². The lowest BCUT2D eigenvalue weighted by Crippen LogP contribution is -2.25. The van der Waals surface area contributed by atoms with Crippen molar-refractivity contribution in [2.75, 3.05) is 6.67 Å². The molecule has 0 amide bonds. The van der Waals surface area contributed by atoms with Crippen molar-refractivity contribution in [1.29, 1.82) is 0 Å². The number of hydrogen-bond acceptors (Lipinski definition) is 0. The first-order chi connectivity index (χ1) is 15.2. The third-order valence-corrected chi connectivity index (χ3v) is 7.87. The number of benzene rings is 1. The summed E-state index contributed by atoms with van der Waals surface area (Å²) in [7, 11) is 0. The Kier molecular flexibility index (Phi) is 10.4. The van der Waals surface area contributed by atoms with Crippen molar-refractivity contribution < 1.29 is 8.78 Å². The van der Waals surface area contributed by atoms with Crippen molar-refractivity contribution in [3.63, 3.8) is 0 Å². The van der Waals surface area contributed by atoms with Crippen molar-refractivity contribution in [2.45, 2.75) is 103 Å². The van der Waals surface area contributed by atoms with E-state index in [9.17, 15) is 8.78 Å². The Morgan fingerprint density at radius 3 is 2.19 bits per heavy atom. The van der Waals surface area contributed by atoms with Gasteiger partial charge in [0.15, 0.2) is 0 Å². The largest absolute Gasteiger partial charge is 0.251 e. The highest BCUT2D eigenvalue weighted by Gasteiger charge is 2.30. The first-order valence-electron chi connectivity index (χ1n) is 13.1. The second-order valence-electron chi connectivity index (χ2n) is 10.1. The molecule has 0 aromatic heterocycles. The molecule has 0 N–H and O–H groups in total. The summed E-state index contributed by atoms with van der Waals surface area (Å²) >= 11 is 0. The van der Waals surface area contributed by atoms with Crippen molar-refractivity contribution in [3.05, 3.63) is 35.1 Å². The van der Waals surface area contributed by atoms with E-state index < -0.39 is 6.67 Å². The minimum atomic E-state index is -0.450. The predicted octanol–water partition coefficient (Wildman–Crippen LogP) is 8.66. The van der Waals surface area contributed by atoms with Gasteiger partial charge in [-0.25, -0.2) is 4.39 Å². The smallest absolute Gasteiger partial charge is 0.139 e. The average Bonchev–Trinajstić information content (AvgIpc) is 2.79. The first kappa shape index (κ1) is 24.3. The number of hydrogen-bond donors (Lipinski definition) is 0. The number of unbranched alkanes of at least 4 members (excludes halogenated alkanes) is 4. The molecule has 0 spiro atoms. The van der Waals surface area contributed by atoms with E-state index in [1.54, 1.807) is 12.1 Å². The molecule has 0 aliphatic heterocycles. The van der Waals surface area contributed by atoms with Crippen LogP contribution in [0.25, 0.3) is 0 Å². The van der Waals surface area contributed by atoms with Crippen LogP contribution in [0, 0.1) is 41.3 Å². The van der Waals surface area contributed by atoms with Crippen LogP contribution in [0.3, 0.4) is 0 Å². The summed E-state index contributed by atoms with van der Waals surface area (Å²) in [5.41, 5.74) is 1.16. The predicted molar refractivity (Wildman–Crippen MR) is 127 cm³/mol. The van der Waals surface area contributed by atoms with Gasteiger partial charge in [0.05, 0.1) is 12.2 Å². The summed E-state index contributed by atoms with van der Waals surface area (Å²) in [6.07, 6.45) is 19.5. The molecule has 1 aromatic rings. The lowest BCUT2D eigenvalue weighted by atomic mass is 9.69. The van der Waals surface area contributed by atoms with Crippen LogP contribution in [-0.2, 0) is 6.42 Å². The van der Waals surface area contributed by atoms with Crippen LogP contribution in [0.5, 0.6) is 0 Å². The van der Waals surface area contributed by atoms with Gasteiger partial charge in [-0.2, -0.15) is 0 Å². The number of aryl methyl sites for hydroxylation is 1. The van der Waals surface area contributed by atoms with E-state index in [1.165, 1.54) is 83.1 Å². The molecular weight excluding hydrogens is 386 g/mol. The molecule has 0 bridgehead atoms. The van der Waals surface area contributed by atoms with Crippen LogP contribution in [0.4, 0.5) is 8.78 Å². The zero-order valence-electron chi connectivity index (χ0n) is 19.6. The van der Waals surface area contributed by atoms with Crippen LogP contribution in [-0.4, -0.2) is 6.67 Å². The maximum atomic E-state index is 14.2. The van der Waals surface area contributed by atoms with Gasteiger partial charge in [0, 0.05) is 12.3 Å². The van der Waals surface area contributed by atoms with Crippen molar-refractivity contribution in [3.8, 4) is 11.8 Å². The standard InChI is InChI=1S/C29H42F2/c1-2-3-4-5-6-7-23-8-14-26(15-9-23)27-16-10-24(11-17-27)12-18-28-19-13-25(20-21-30)22-29(28)31/h13,19,22-24,26-27H,2-11,14-17,20-21H2,1H3/t23-,24-,26-,27-. The third kappa shape index (κ3) is 7.93. The van der Waals surface area contributed by atoms with E-state index in [0.29, 0.717) is 17.0 Å². The van der Waals surface area contributed by atoms with Gasteiger partial charge in [0.1, 0.15) is 5.82 Å². The zero-order chi connectivity index (χ0) is 21.9. The Morgan fingerprint density at radius 2 is 1.55 bits per heavy atom. The molecule has 0 radical (unpaired) electrons. The van der Waals surface area contributed by atoms with Gasteiger partial charge < -0.3 is 0 Å². The summed E-state index contributed by atoms with van der Waals surface area (Å²) in [5, 5.41) is 0. The van der Waals surface area contributed by atoms with Crippen LogP contribution < -0.4 is 0 Å². The molecule has 2 heteroatoms. The minimum absolute atomic E-state index is 0.273.